The van der Waals surface area contributed by atoms with Crippen LogP contribution in [-0.4, -0.2) is 89.2 Å². The van der Waals surface area contributed by atoms with E-state index in [9.17, 15) is 34.5 Å². The van der Waals surface area contributed by atoms with Gasteiger partial charge in [-0.1, -0.05) is 208 Å². The lowest BCUT2D eigenvalue weighted by molar-refractivity contribution is -0.301. The van der Waals surface area contributed by atoms with Crippen molar-refractivity contribution in [2.45, 2.75) is 250 Å². The van der Waals surface area contributed by atoms with E-state index in [0.717, 1.165) is 96.3 Å². The van der Waals surface area contributed by atoms with Crippen LogP contribution in [0, 0.1) is 0 Å². The van der Waals surface area contributed by atoms with Crippen LogP contribution in [0.1, 0.15) is 213 Å². The predicted octanol–water partition coefficient (Wildman–Crippen LogP) is 14.1. The van der Waals surface area contributed by atoms with E-state index in [1.165, 1.54) is 51.4 Å². The molecule has 6 unspecified atom stereocenters. The van der Waals surface area contributed by atoms with Crippen molar-refractivity contribution in [3.05, 3.63) is 97.2 Å². The second-order valence-corrected chi connectivity index (χ2v) is 18.8. The highest BCUT2D eigenvalue weighted by Gasteiger charge is 2.50. The van der Waals surface area contributed by atoms with E-state index in [1.807, 2.05) is 12.2 Å². The molecule has 0 amide bonds. The van der Waals surface area contributed by atoms with Gasteiger partial charge < -0.3 is 39.0 Å². The first-order chi connectivity index (χ1) is 35.6. The highest BCUT2D eigenvalue weighted by molar-refractivity contribution is 5.74. The molecule has 1 heterocycles. The number of carboxylic acids is 1. The van der Waals surface area contributed by atoms with Crippen molar-refractivity contribution in [2.24, 2.45) is 0 Å². The Morgan fingerprint density at radius 3 is 1.37 bits per heavy atom. The van der Waals surface area contributed by atoms with E-state index < -0.39 is 67.3 Å². The summed E-state index contributed by atoms with van der Waals surface area (Å²) >= 11 is 0. The third-order valence-electron chi connectivity index (χ3n) is 12.2. The Hall–Kier alpha value is -4.36. The summed E-state index contributed by atoms with van der Waals surface area (Å²) in [7, 11) is 0. The molecule has 0 radical (unpaired) electrons. The van der Waals surface area contributed by atoms with Crippen molar-refractivity contribution < 1.29 is 58.2 Å². The molecule has 1 aliphatic heterocycles. The summed E-state index contributed by atoms with van der Waals surface area (Å²) in [5.74, 6) is -3.27. The second kappa shape index (κ2) is 48.6. The normalized spacial score (nSPS) is 19.1. The number of carboxylic acid groups (broad SMARTS) is 1. The van der Waals surface area contributed by atoms with Crippen molar-refractivity contribution in [2.75, 3.05) is 13.2 Å². The monoisotopic (exact) mass is 1020 g/mol. The Kier molecular flexibility index (Phi) is 44.4. The molecule has 12 nitrogen and oxygen atoms in total. The quantitative estimate of drug-likeness (QED) is 0.0228. The van der Waals surface area contributed by atoms with Gasteiger partial charge in [-0.15, -0.1) is 0 Å². The van der Waals surface area contributed by atoms with E-state index in [1.54, 1.807) is 0 Å². The van der Waals surface area contributed by atoms with Crippen LogP contribution in [0.3, 0.4) is 0 Å². The third-order valence-corrected chi connectivity index (χ3v) is 12.2. The summed E-state index contributed by atoms with van der Waals surface area (Å²) < 4.78 is 28.3. The molecule has 0 saturated carbocycles. The lowest BCUT2D eigenvalue weighted by Crippen LogP contribution is -2.61. The van der Waals surface area contributed by atoms with Gasteiger partial charge in [0.1, 0.15) is 18.8 Å². The average molecular weight is 1020 g/mol. The molecule has 0 aromatic carbocycles. The number of hydrogen-bond acceptors (Lipinski definition) is 11. The van der Waals surface area contributed by atoms with Gasteiger partial charge in [0.15, 0.2) is 24.6 Å². The predicted molar refractivity (Wildman–Crippen MR) is 294 cm³/mol. The lowest BCUT2D eigenvalue weighted by Gasteiger charge is -2.40. The van der Waals surface area contributed by atoms with Crippen molar-refractivity contribution in [3.8, 4) is 0 Å². The molecule has 1 rings (SSSR count). The van der Waals surface area contributed by atoms with Crippen LogP contribution in [0.2, 0.25) is 0 Å². The van der Waals surface area contributed by atoms with E-state index >= 15 is 0 Å². The number of aliphatic hydroxyl groups is 2. The summed E-state index contributed by atoms with van der Waals surface area (Å²) in [5, 5.41) is 31.4. The molecule has 73 heavy (non-hydrogen) atoms. The lowest BCUT2D eigenvalue weighted by atomic mass is 9.98. The first-order valence-electron chi connectivity index (χ1n) is 28.2. The van der Waals surface area contributed by atoms with Crippen LogP contribution in [0.25, 0.3) is 0 Å². The first kappa shape index (κ1) is 66.7. The summed E-state index contributed by atoms with van der Waals surface area (Å²) in [5.41, 5.74) is 0. The Labute approximate surface area is 441 Å². The third kappa shape index (κ3) is 38.8. The van der Waals surface area contributed by atoms with Gasteiger partial charge in [-0.3, -0.25) is 14.4 Å². The van der Waals surface area contributed by atoms with Gasteiger partial charge in [-0.2, -0.15) is 0 Å². The largest absolute Gasteiger partial charge is 0.479 e. The highest BCUT2D eigenvalue weighted by atomic mass is 16.7. The zero-order chi connectivity index (χ0) is 53.3. The zero-order valence-corrected chi connectivity index (χ0v) is 45.3. The van der Waals surface area contributed by atoms with Crippen LogP contribution in [-0.2, 0) is 42.9 Å². The molecular formula is C61H98O12. The number of unbranched alkanes of at least 4 members (excludes halogenated alkanes) is 16. The topological polar surface area (TPSA) is 175 Å². The summed E-state index contributed by atoms with van der Waals surface area (Å²) in [4.78, 5) is 51.0. The maximum Gasteiger partial charge on any atom is 0.335 e. The number of allylic oxidation sites excluding steroid dienone is 16. The van der Waals surface area contributed by atoms with Gasteiger partial charge in [0, 0.05) is 19.3 Å². The van der Waals surface area contributed by atoms with E-state index in [-0.39, 0.29) is 25.9 Å². The number of carbonyl (C=O) groups excluding carboxylic acids is 3. The Morgan fingerprint density at radius 1 is 0.466 bits per heavy atom. The summed E-state index contributed by atoms with van der Waals surface area (Å²) in [6.45, 7) is 5.66. The average Bonchev–Trinajstić information content (AvgIpc) is 3.37. The molecule has 0 bridgehead atoms. The van der Waals surface area contributed by atoms with Crippen molar-refractivity contribution in [3.63, 3.8) is 0 Å². The van der Waals surface area contributed by atoms with Gasteiger partial charge in [-0.05, 0) is 83.5 Å². The standard InChI is InChI=1S/C61H98O12/c1-4-7-10-13-16-19-22-25-26-27-28-31-32-35-38-41-44-47-53(62)69-50-52(71-54(63)48-45-42-39-36-33-29-23-20-17-14-11-8-5-2)51-70-61-59(57(66)56(65)58(73-61)60(67)68)72-55(64)49-46-43-40-37-34-30-24-21-18-15-12-9-6-3/h7-8,10-11,16-17,19-20,25-26,28-29,31,33,39,42,52,56-59,61,65-66H,4-6,9,12-15,18,21-24,27,30,32,34-38,40-41,43-51H2,1-3H3,(H,67,68)/b10-7-,11-8-,19-16-,20-17-,26-25-,31-28-,33-29-,42-39-. The number of ether oxygens (including phenoxy) is 5. The minimum Gasteiger partial charge on any atom is -0.479 e. The van der Waals surface area contributed by atoms with Crippen LogP contribution < -0.4 is 0 Å². The Balaban J connectivity index is 2.76. The minimum absolute atomic E-state index is 0.0327. The maximum absolute atomic E-state index is 13.1. The molecule has 1 aliphatic rings. The fraction of sp³-hybridized carbons (Fsp3) is 0.672. The van der Waals surface area contributed by atoms with E-state index in [2.05, 4.69) is 106 Å². The van der Waals surface area contributed by atoms with E-state index in [0.29, 0.717) is 25.7 Å². The molecule has 6 atom stereocenters. The minimum atomic E-state index is -1.92. The van der Waals surface area contributed by atoms with Crippen molar-refractivity contribution in [1.82, 2.24) is 0 Å². The van der Waals surface area contributed by atoms with Crippen LogP contribution >= 0.6 is 0 Å². The van der Waals surface area contributed by atoms with E-state index in [4.69, 9.17) is 23.7 Å². The number of hydrogen-bond donors (Lipinski definition) is 3. The maximum atomic E-state index is 13.1. The molecule has 0 aromatic rings. The Bertz CT molecular complexity index is 1640. The van der Waals surface area contributed by atoms with Crippen LogP contribution in [0.4, 0.5) is 0 Å². The first-order valence-corrected chi connectivity index (χ1v) is 28.2. The molecule has 12 heteroatoms. The summed E-state index contributed by atoms with van der Waals surface area (Å²) in [6, 6.07) is 0. The number of aliphatic hydroxyl groups excluding tert-OH is 2. The van der Waals surface area contributed by atoms with Gasteiger partial charge >= 0.3 is 23.9 Å². The zero-order valence-electron chi connectivity index (χ0n) is 45.3. The van der Waals surface area contributed by atoms with Gasteiger partial charge in [0.25, 0.3) is 0 Å². The molecule has 0 aromatic heterocycles. The Morgan fingerprint density at radius 2 is 0.890 bits per heavy atom. The number of aliphatic carboxylic acids is 1. The molecule has 0 aliphatic carbocycles. The molecule has 0 spiro atoms. The second-order valence-electron chi connectivity index (χ2n) is 18.8. The fourth-order valence-electron chi connectivity index (χ4n) is 7.90. The number of rotatable bonds is 46. The van der Waals surface area contributed by atoms with Gasteiger partial charge in [0.05, 0.1) is 6.61 Å². The molecule has 1 fully saturated rings. The molecule has 3 N–H and O–H groups in total. The van der Waals surface area contributed by atoms with Crippen LogP contribution in [0.5, 0.6) is 0 Å². The molecular weight excluding hydrogens is 925 g/mol. The molecule has 414 valence electrons. The van der Waals surface area contributed by atoms with Crippen molar-refractivity contribution >= 4 is 23.9 Å². The van der Waals surface area contributed by atoms with Gasteiger partial charge in [-0.25, -0.2) is 4.79 Å². The number of esters is 3. The number of carbonyl (C=O) groups is 4. The molecule has 1 saturated heterocycles. The fourth-order valence-corrected chi connectivity index (χ4v) is 7.90. The van der Waals surface area contributed by atoms with Gasteiger partial charge in [0.2, 0.25) is 0 Å². The summed E-state index contributed by atoms with van der Waals surface area (Å²) in [6.07, 6.45) is 51.2. The SMILES string of the molecule is CC/C=C\C/C=C\C/C=C\C/C=C\CCCCCCC(=O)OCC(COC1OC(C(=O)O)C(O)C(O)C1OC(=O)CCCCCCCCCCCCCCC)OC(=O)CC/C=C\C/C=C\C/C=C\C/C=C\CC. The van der Waals surface area contributed by atoms with Crippen molar-refractivity contribution in [1.29, 1.82) is 0 Å². The highest BCUT2D eigenvalue weighted by Crippen LogP contribution is 2.26. The van der Waals surface area contributed by atoms with Crippen LogP contribution in [0.15, 0.2) is 97.2 Å². The smallest absolute Gasteiger partial charge is 0.335 e.